The van der Waals surface area contributed by atoms with Gasteiger partial charge in [-0.3, -0.25) is 14.4 Å². The number of hydrogen-bond donors (Lipinski definition) is 0. The molecule has 0 aliphatic heterocycles. The highest BCUT2D eigenvalue weighted by atomic mass is 16.6. The molecule has 6 nitrogen and oxygen atoms in total. The average molecular weight is 785 g/mol. The third-order valence-corrected chi connectivity index (χ3v) is 10.1. The van der Waals surface area contributed by atoms with Gasteiger partial charge >= 0.3 is 17.9 Å². The Kier molecular flexibility index (Phi) is 43.0. The summed E-state index contributed by atoms with van der Waals surface area (Å²) in [6, 6.07) is 0. The van der Waals surface area contributed by atoms with E-state index in [0.717, 1.165) is 89.9 Å². The molecule has 0 aromatic heterocycles. The molecule has 0 saturated carbocycles. The highest BCUT2D eigenvalue weighted by molar-refractivity contribution is 5.71. The molecule has 6 heteroatoms. The van der Waals surface area contributed by atoms with E-state index in [1.54, 1.807) is 0 Å². The van der Waals surface area contributed by atoms with Crippen molar-refractivity contribution in [1.29, 1.82) is 0 Å². The minimum Gasteiger partial charge on any atom is -0.462 e. The van der Waals surface area contributed by atoms with Crippen LogP contribution in [0.3, 0.4) is 0 Å². The van der Waals surface area contributed by atoms with E-state index in [9.17, 15) is 14.4 Å². The summed E-state index contributed by atoms with van der Waals surface area (Å²) in [6.45, 7) is 6.45. The van der Waals surface area contributed by atoms with Gasteiger partial charge in [-0.25, -0.2) is 0 Å². The first-order valence-corrected chi connectivity index (χ1v) is 23.6. The van der Waals surface area contributed by atoms with Crippen LogP contribution in [0.5, 0.6) is 0 Å². The van der Waals surface area contributed by atoms with E-state index in [1.807, 2.05) is 0 Å². The molecule has 1 atom stereocenters. The molecule has 0 fully saturated rings. The van der Waals surface area contributed by atoms with Crippen LogP contribution in [-0.2, 0) is 28.6 Å². The summed E-state index contributed by atoms with van der Waals surface area (Å²) in [7, 11) is 0. The van der Waals surface area contributed by atoms with Gasteiger partial charge in [-0.15, -0.1) is 0 Å². The zero-order valence-corrected chi connectivity index (χ0v) is 36.9. The van der Waals surface area contributed by atoms with Crippen molar-refractivity contribution in [1.82, 2.24) is 0 Å². The molecule has 56 heavy (non-hydrogen) atoms. The SMILES string of the molecule is CC/C=C\C/C=C\C/C=C\C/C=C\CCCCCCCCC(=O)OCC(COC(=O)CCCCCCCC)OC(=O)CCCCCCCCCCCCCCC. The largest absolute Gasteiger partial charge is 0.462 e. The molecule has 0 heterocycles. The van der Waals surface area contributed by atoms with Crippen molar-refractivity contribution >= 4 is 17.9 Å². The normalized spacial score (nSPS) is 12.4. The summed E-state index contributed by atoms with van der Waals surface area (Å²) < 4.78 is 16.6. The van der Waals surface area contributed by atoms with E-state index in [0.29, 0.717) is 19.3 Å². The predicted molar refractivity (Wildman–Crippen MR) is 238 cm³/mol. The Balaban J connectivity index is 4.25. The first-order valence-electron chi connectivity index (χ1n) is 23.6. The highest BCUT2D eigenvalue weighted by Gasteiger charge is 2.19. The second-order valence-corrected chi connectivity index (χ2v) is 15.6. The maximum absolute atomic E-state index is 12.7. The van der Waals surface area contributed by atoms with Crippen LogP contribution in [0.2, 0.25) is 0 Å². The van der Waals surface area contributed by atoms with Crippen LogP contribution in [0.25, 0.3) is 0 Å². The minimum atomic E-state index is -0.771. The molecule has 0 N–H and O–H groups in total. The lowest BCUT2D eigenvalue weighted by atomic mass is 10.0. The van der Waals surface area contributed by atoms with Crippen LogP contribution in [0.4, 0.5) is 0 Å². The number of unbranched alkanes of at least 4 members (excludes halogenated alkanes) is 23. The molecule has 0 aliphatic rings. The average Bonchev–Trinajstić information content (AvgIpc) is 3.19. The van der Waals surface area contributed by atoms with Gasteiger partial charge in [0.15, 0.2) is 6.10 Å². The second-order valence-electron chi connectivity index (χ2n) is 15.6. The monoisotopic (exact) mass is 785 g/mol. The summed E-state index contributed by atoms with van der Waals surface area (Å²) in [5.74, 6) is -0.897. The van der Waals surface area contributed by atoms with Crippen molar-refractivity contribution in [2.24, 2.45) is 0 Å². The van der Waals surface area contributed by atoms with Crippen LogP contribution < -0.4 is 0 Å². The smallest absolute Gasteiger partial charge is 0.306 e. The molecule has 0 rings (SSSR count). The fourth-order valence-corrected chi connectivity index (χ4v) is 6.55. The van der Waals surface area contributed by atoms with Crippen LogP contribution in [0.15, 0.2) is 48.6 Å². The maximum Gasteiger partial charge on any atom is 0.306 e. The molecule has 0 radical (unpaired) electrons. The highest BCUT2D eigenvalue weighted by Crippen LogP contribution is 2.15. The summed E-state index contributed by atoms with van der Waals surface area (Å²) in [6.07, 6.45) is 52.5. The Bertz CT molecular complexity index is 996. The van der Waals surface area contributed by atoms with Crippen molar-refractivity contribution in [3.63, 3.8) is 0 Å². The van der Waals surface area contributed by atoms with Gasteiger partial charge in [0.25, 0.3) is 0 Å². The maximum atomic E-state index is 12.7. The predicted octanol–water partition coefficient (Wildman–Crippen LogP) is 15.1. The first kappa shape index (κ1) is 53.4. The van der Waals surface area contributed by atoms with Gasteiger partial charge in [-0.2, -0.15) is 0 Å². The fraction of sp³-hybridized carbons (Fsp3) is 0.780. The van der Waals surface area contributed by atoms with Gasteiger partial charge in [0.2, 0.25) is 0 Å². The standard InChI is InChI=1S/C50H88O6/c1-4-7-10-13-16-18-20-22-23-24-25-26-27-29-30-32-34-37-40-43-49(52)55-46-47(45-54-48(51)42-39-36-15-12-9-6-3)56-50(53)44-41-38-35-33-31-28-21-19-17-14-11-8-5-2/h7,10,16,18,22-23,25-26,47H,4-6,8-9,11-15,17,19-21,24,27-46H2,1-3H3/b10-7-,18-16-,23-22-,26-25-. The first-order chi connectivity index (χ1) is 27.5. The van der Waals surface area contributed by atoms with Gasteiger partial charge < -0.3 is 14.2 Å². The van der Waals surface area contributed by atoms with Crippen molar-refractivity contribution in [3.05, 3.63) is 48.6 Å². The molecule has 324 valence electrons. The summed E-state index contributed by atoms with van der Waals surface area (Å²) >= 11 is 0. The molecule has 0 amide bonds. The van der Waals surface area contributed by atoms with Crippen LogP contribution >= 0.6 is 0 Å². The quantitative estimate of drug-likeness (QED) is 0.0265. The number of hydrogen-bond acceptors (Lipinski definition) is 6. The van der Waals surface area contributed by atoms with Gasteiger partial charge in [-0.1, -0.05) is 204 Å². The van der Waals surface area contributed by atoms with E-state index in [1.165, 1.54) is 103 Å². The van der Waals surface area contributed by atoms with Crippen molar-refractivity contribution < 1.29 is 28.6 Å². The number of carbonyl (C=O) groups is 3. The molecule has 0 aliphatic carbocycles. The van der Waals surface area contributed by atoms with E-state index in [2.05, 4.69) is 69.4 Å². The van der Waals surface area contributed by atoms with Crippen LogP contribution in [-0.4, -0.2) is 37.2 Å². The topological polar surface area (TPSA) is 78.9 Å². The molecule has 0 aromatic carbocycles. The van der Waals surface area contributed by atoms with Crippen molar-refractivity contribution in [3.8, 4) is 0 Å². The molecule has 0 saturated heterocycles. The Labute approximate surface area is 346 Å². The Morgan fingerprint density at radius 2 is 0.696 bits per heavy atom. The summed E-state index contributed by atoms with van der Waals surface area (Å²) in [4.78, 5) is 37.6. The molecule has 0 aromatic rings. The third-order valence-electron chi connectivity index (χ3n) is 10.1. The van der Waals surface area contributed by atoms with E-state index >= 15 is 0 Å². The van der Waals surface area contributed by atoms with E-state index in [4.69, 9.17) is 14.2 Å². The number of allylic oxidation sites excluding steroid dienone is 8. The molecular formula is C50H88O6. The molecule has 0 bridgehead atoms. The zero-order valence-electron chi connectivity index (χ0n) is 36.9. The van der Waals surface area contributed by atoms with Crippen LogP contribution in [0.1, 0.15) is 233 Å². The Morgan fingerprint density at radius 3 is 1.09 bits per heavy atom. The van der Waals surface area contributed by atoms with Crippen molar-refractivity contribution in [2.75, 3.05) is 13.2 Å². The molecule has 1 unspecified atom stereocenters. The van der Waals surface area contributed by atoms with Gasteiger partial charge in [0.1, 0.15) is 13.2 Å². The van der Waals surface area contributed by atoms with Gasteiger partial charge in [0.05, 0.1) is 0 Å². The fourth-order valence-electron chi connectivity index (χ4n) is 6.55. The lowest BCUT2D eigenvalue weighted by Crippen LogP contribution is -2.30. The summed E-state index contributed by atoms with van der Waals surface area (Å²) in [5, 5.41) is 0. The van der Waals surface area contributed by atoms with Gasteiger partial charge in [-0.05, 0) is 57.8 Å². The number of carbonyl (C=O) groups excluding carboxylic acids is 3. The zero-order chi connectivity index (χ0) is 40.8. The number of ether oxygens (including phenoxy) is 3. The Hall–Kier alpha value is -2.63. The lowest BCUT2D eigenvalue weighted by molar-refractivity contribution is -0.167. The Morgan fingerprint density at radius 1 is 0.375 bits per heavy atom. The lowest BCUT2D eigenvalue weighted by Gasteiger charge is -2.18. The van der Waals surface area contributed by atoms with Crippen molar-refractivity contribution in [2.45, 2.75) is 239 Å². The van der Waals surface area contributed by atoms with E-state index < -0.39 is 6.10 Å². The third kappa shape index (κ3) is 42.5. The number of rotatable bonds is 42. The van der Waals surface area contributed by atoms with Gasteiger partial charge in [0, 0.05) is 19.3 Å². The van der Waals surface area contributed by atoms with Crippen LogP contribution in [0, 0.1) is 0 Å². The molecular weight excluding hydrogens is 697 g/mol. The second kappa shape index (κ2) is 45.1. The number of esters is 3. The minimum absolute atomic E-state index is 0.0762. The molecule has 0 spiro atoms. The van der Waals surface area contributed by atoms with E-state index in [-0.39, 0.29) is 31.1 Å². The summed E-state index contributed by atoms with van der Waals surface area (Å²) in [5.41, 5.74) is 0.